The molecule has 2 bridgehead atoms. The number of phenols is 1. The number of fused-ring (bicyclic) bond motifs is 9. The highest BCUT2D eigenvalue weighted by atomic mass is 32.2. The van der Waals surface area contributed by atoms with Crippen molar-refractivity contribution in [1.29, 1.82) is 0 Å². The van der Waals surface area contributed by atoms with Gasteiger partial charge in [-0.3, -0.25) is 24.1 Å². The van der Waals surface area contributed by atoms with E-state index in [1.54, 1.807) is 17.8 Å². The molecule has 1 saturated heterocycles. The zero-order valence-electron chi connectivity index (χ0n) is 20.2. The Kier molecular flexibility index (Phi) is 6.10. The van der Waals surface area contributed by atoms with Crippen LogP contribution in [0.25, 0.3) is 0 Å². The first kappa shape index (κ1) is 24.5. The van der Waals surface area contributed by atoms with Crippen molar-refractivity contribution in [2.45, 2.75) is 48.3 Å². The van der Waals surface area contributed by atoms with Gasteiger partial charge >= 0.3 is 10.8 Å². The molecular weight excluding hydrogens is 516 g/mol. The number of nitrogens with one attached hydrogen (secondary N) is 1. The van der Waals surface area contributed by atoms with Crippen LogP contribution in [0.15, 0.2) is 28.0 Å². The van der Waals surface area contributed by atoms with Crippen LogP contribution in [-0.2, 0) is 14.4 Å². The first-order valence-corrected chi connectivity index (χ1v) is 14.3. The van der Waals surface area contributed by atoms with Gasteiger partial charge in [0.15, 0.2) is 11.5 Å². The number of phenolic OH excluding ortho intramolecular Hbond substituents is 1. The molecule has 0 radical (unpaired) electrons. The first-order valence-electron chi connectivity index (χ1n) is 12.6. The Morgan fingerprint density at radius 1 is 1.14 bits per heavy atom. The van der Waals surface area contributed by atoms with Crippen LogP contribution in [0.4, 0.5) is 0 Å². The molecule has 2 amide bonds. The molecule has 2 aromatic rings. The number of carbonyl (C=O) groups excluding carboxylic acids is 2. The summed E-state index contributed by atoms with van der Waals surface area (Å²) in [6, 6.07) is 5.28. The highest BCUT2D eigenvalue weighted by Gasteiger charge is 2.69. The van der Waals surface area contributed by atoms with E-state index in [1.165, 1.54) is 23.3 Å². The number of aromatic hydroxyl groups is 1. The van der Waals surface area contributed by atoms with Crippen LogP contribution in [0.5, 0.6) is 11.5 Å². The van der Waals surface area contributed by atoms with E-state index in [1.807, 2.05) is 12.1 Å². The third kappa shape index (κ3) is 3.80. The van der Waals surface area contributed by atoms with Gasteiger partial charge in [0.25, 0.3) is 0 Å². The number of hydrogen-bond donors (Lipinski definition) is 3. The molecule has 196 valence electrons. The standard InChI is InChI=1S/C26H28N2O7S2/c1-35-15-9-11(6-7-14(15)29)17-18-12-10-13(21(18)36-23-22(17)37-26(34)27-23)20-19(12)24(32)28(25(20)33)8-4-2-3-5-16(30)31/h6-7,9,12-13,17-21,29H,2-5,8,10H2,1H3,(H,27,34)(H,30,31)/t12-,13+,17+,18+,19+,20+,21-/m1/s1. The van der Waals surface area contributed by atoms with Gasteiger partial charge in [-0.15, -0.1) is 11.8 Å². The molecule has 2 saturated carbocycles. The fraction of sp³-hybridized carbons (Fsp3) is 0.538. The van der Waals surface area contributed by atoms with Crippen LogP contribution >= 0.6 is 23.1 Å². The van der Waals surface area contributed by atoms with Crippen molar-refractivity contribution in [3.05, 3.63) is 38.3 Å². The molecule has 1 aromatic heterocycles. The maximum Gasteiger partial charge on any atom is 0.305 e. The Morgan fingerprint density at radius 3 is 2.62 bits per heavy atom. The number of rotatable bonds is 8. The molecule has 0 spiro atoms. The van der Waals surface area contributed by atoms with Crippen molar-refractivity contribution < 1.29 is 29.3 Å². The molecule has 0 unspecified atom stereocenters. The van der Waals surface area contributed by atoms with Crippen molar-refractivity contribution >= 4 is 40.9 Å². The smallest absolute Gasteiger partial charge is 0.305 e. The van der Waals surface area contributed by atoms with Crippen molar-refractivity contribution in [3.63, 3.8) is 0 Å². The summed E-state index contributed by atoms with van der Waals surface area (Å²) in [7, 11) is 1.50. The molecule has 4 aliphatic rings. The molecule has 3 heterocycles. The average Bonchev–Trinajstić information content (AvgIpc) is 3.59. The maximum atomic E-state index is 13.6. The number of carboxylic acid groups (broad SMARTS) is 1. The van der Waals surface area contributed by atoms with Gasteiger partial charge in [0.1, 0.15) is 0 Å². The number of methoxy groups -OCH3 is 1. The van der Waals surface area contributed by atoms with Gasteiger partial charge in [0.05, 0.1) is 24.0 Å². The molecule has 7 atom stereocenters. The number of imide groups is 1. The van der Waals surface area contributed by atoms with E-state index in [-0.39, 0.29) is 69.6 Å². The number of H-pyrrole nitrogens is 1. The van der Waals surface area contributed by atoms with Crippen molar-refractivity contribution in [3.8, 4) is 11.5 Å². The zero-order chi connectivity index (χ0) is 26.0. The molecule has 3 N–H and O–H groups in total. The summed E-state index contributed by atoms with van der Waals surface area (Å²) in [6.07, 6.45) is 2.70. The number of likely N-dealkylation sites (tertiary alicyclic amines) is 1. The summed E-state index contributed by atoms with van der Waals surface area (Å²) in [4.78, 5) is 55.4. The minimum Gasteiger partial charge on any atom is -0.504 e. The normalized spacial score (nSPS) is 31.4. The van der Waals surface area contributed by atoms with Crippen molar-refractivity contribution in [1.82, 2.24) is 9.88 Å². The molecule has 6 rings (SSSR count). The van der Waals surface area contributed by atoms with E-state index in [2.05, 4.69) is 4.98 Å². The predicted octanol–water partition coefficient (Wildman–Crippen LogP) is 3.27. The number of aromatic nitrogens is 1. The number of unbranched alkanes of at least 4 members (excludes halogenated alkanes) is 2. The molecular formula is C26H28N2O7S2. The summed E-state index contributed by atoms with van der Waals surface area (Å²) in [5.74, 6) is -1.28. The summed E-state index contributed by atoms with van der Waals surface area (Å²) in [6.45, 7) is 0.339. The number of nitrogens with zero attached hydrogens (tertiary/aromatic N) is 1. The van der Waals surface area contributed by atoms with E-state index in [0.29, 0.717) is 31.6 Å². The summed E-state index contributed by atoms with van der Waals surface area (Å²) >= 11 is 2.83. The summed E-state index contributed by atoms with van der Waals surface area (Å²) in [5.41, 5.74) is 0.928. The Bertz CT molecular complexity index is 1340. The number of carboxylic acids is 1. The monoisotopic (exact) mass is 544 g/mol. The summed E-state index contributed by atoms with van der Waals surface area (Å²) < 4.78 is 5.37. The topological polar surface area (TPSA) is 137 Å². The number of aromatic amines is 1. The molecule has 2 aliphatic heterocycles. The van der Waals surface area contributed by atoms with E-state index in [9.17, 15) is 24.3 Å². The van der Waals surface area contributed by atoms with E-state index >= 15 is 0 Å². The zero-order valence-corrected chi connectivity index (χ0v) is 21.8. The lowest BCUT2D eigenvalue weighted by Gasteiger charge is -2.43. The second-order valence-electron chi connectivity index (χ2n) is 10.4. The number of carbonyl (C=O) groups is 3. The van der Waals surface area contributed by atoms with Crippen LogP contribution in [0.3, 0.4) is 0 Å². The van der Waals surface area contributed by atoms with Gasteiger partial charge in [0.2, 0.25) is 11.8 Å². The number of thiazole rings is 1. The van der Waals surface area contributed by atoms with Crippen molar-refractivity contribution in [2.24, 2.45) is 29.6 Å². The molecule has 1 aromatic carbocycles. The quantitative estimate of drug-likeness (QED) is 0.340. The Labute approximate surface area is 221 Å². The number of aliphatic carboxylic acids is 1. The van der Waals surface area contributed by atoms with Crippen LogP contribution in [0.1, 0.15) is 48.5 Å². The van der Waals surface area contributed by atoms with E-state index < -0.39 is 5.97 Å². The second kappa shape index (κ2) is 9.20. The average molecular weight is 545 g/mol. The number of ether oxygens (including phenoxy) is 1. The van der Waals surface area contributed by atoms with Crippen LogP contribution in [0, 0.1) is 29.6 Å². The first-order chi connectivity index (χ1) is 17.8. The SMILES string of the molecule is COc1cc([C@@H]2c3sc(=O)[nH]c3S[C@@H]3[C@H]4C[C@@H]([C@@H]5C(=O)N(CCCCCC(=O)O)C(=O)[C@@H]45)[C@@H]23)ccc1O. The van der Waals surface area contributed by atoms with Gasteiger partial charge in [-0.2, -0.15) is 0 Å². The summed E-state index contributed by atoms with van der Waals surface area (Å²) in [5, 5.41) is 19.9. The largest absolute Gasteiger partial charge is 0.504 e. The van der Waals surface area contributed by atoms with Gasteiger partial charge in [-0.25, -0.2) is 0 Å². The van der Waals surface area contributed by atoms with Crippen LogP contribution in [-0.4, -0.2) is 56.8 Å². The Balaban J connectivity index is 1.31. The van der Waals surface area contributed by atoms with Gasteiger partial charge < -0.3 is 19.9 Å². The lowest BCUT2D eigenvalue weighted by Crippen LogP contribution is -2.42. The van der Waals surface area contributed by atoms with E-state index in [0.717, 1.165) is 21.9 Å². The number of benzene rings is 1. The molecule has 3 fully saturated rings. The fourth-order valence-electron chi connectivity index (χ4n) is 7.28. The highest BCUT2D eigenvalue weighted by molar-refractivity contribution is 8.00. The molecule has 9 nitrogen and oxygen atoms in total. The Hall–Kier alpha value is -2.79. The van der Waals surface area contributed by atoms with E-state index in [4.69, 9.17) is 9.84 Å². The van der Waals surface area contributed by atoms with Gasteiger partial charge in [0, 0.05) is 29.0 Å². The van der Waals surface area contributed by atoms with Crippen molar-refractivity contribution in [2.75, 3.05) is 13.7 Å². The third-order valence-electron chi connectivity index (χ3n) is 8.65. The lowest BCUT2D eigenvalue weighted by molar-refractivity contribution is -0.141. The van der Waals surface area contributed by atoms with Crippen LogP contribution < -0.4 is 9.61 Å². The highest BCUT2D eigenvalue weighted by Crippen LogP contribution is 2.68. The predicted molar refractivity (Wildman–Crippen MR) is 136 cm³/mol. The molecule has 2 aliphatic carbocycles. The number of hydrogen-bond acceptors (Lipinski definition) is 8. The number of amides is 2. The second-order valence-corrected chi connectivity index (χ2v) is 12.6. The minimum atomic E-state index is -0.838. The minimum absolute atomic E-state index is 0.0242. The molecule has 11 heteroatoms. The number of thioether (sulfide) groups is 1. The van der Waals surface area contributed by atoms with Crippen LogP contribution in [0.2, 0.25) is 0 Å². The fourth-order valence-corrected chi connectivity index (χ4v) is 10.2. The lowest BCUT2D eigenvalue weighted by atomic mass is 9.68. The Morgan fingerprint density at radius 2 is 1.89 bits per heavy atom. The van der Waals surface area contributed by atoms with Gasteiger partial charge in [-0.1, -0.05) is 23.8 Å². The van der Waals surface area contributed by atoms with Gasteiger partial charge in [-0.05, 0) is 54.7 Å². The molecule has 37 heavy (non-hydrogen) atoms. The maximum absolute atomic E-state index is 13.6. The third-order valence-corrected chi connectivity index (χ3v) is 11.2.